The monoisotopic (exact) mass is 461 g/mol. The molecule has 0 atom stereocenters. The zero-order valence-electron chi connectivity index (χ0n) is 19.0. The summed E-state index contributed by atoms with van der Waals surface area (Å²) < 4.78 is 29.1. The second kappa shape index (κ2) is 8.88. The van der Waals surface area contributed by atoms with Gasteiger partial charge in [0.15, 0.2) is 0 Å². The Morgan fingerprint density at radius 2 is 1.39 bits per heavy atom. The van der Waals surface area contributed by atoms with E-state index < -0.39 is 39.7 Å². The molecule has 0 aliphatic carbocycles. The summed E-state index contributed by atoms with van der Waals surface area (Å²) in [6.07, 6.45) is 0.801. The molecule has 0 radical (unpaired) electrons. The molecule has 0 aromatic heterocycles. The number of nitrogens with one attached hydrogen (secondary N) is 1. The first-order valence-electron chi connectivity index (χ1n) is 9.97. The van der Waals surface area contributed by atoms with E-state index in [9.17, 15) is 18.4 Å². The third-order valence-corrected chi connectivity index (χ3v) is 9.04. The lowest BCUT2D eigenvalue weighted by molar-refractivity contribution is -0.131. The van der Waals surface area contributed by atoms with Gasteiger partial charge in [0.1, 0.15) is 11.6 Å². The second-order valence-corrected chi connectivity index (χ2v) is 19.9. The molecule has 2 aromatic carbocycles. The highest BCUT2D eigenvalue weighted by molar-refractivity contribution is 6.91. The largest absolute Gasteiger partial charge is 0.478 e. The predicted octanol–water partition coefficient (Wildman–Crippen LogP) is 4.80. The summed E-state index contributed by atoms with van der Waals surface area (Å²) in [5, 5.41) is 13.6. The number of carbonyl (C=O) groups is 2. The van der Waals surface area contributed by atoms with Crippen LogP contribution in [-0.2, 0) is 4.79 Å². The number of carboxylic acids is 1. The zero-order chi connectivity index (χ0) is 23.7. The summed E-state index contributed by atoms with van der Waals surface area (Å²) in [7, 11) is -3.42. The lowest BCUT2D eigenvalue weighted by atomic mass is 10.1. The number of allylic oxidation sites excluding steroid dienone is 1. The number of carbonyl (C=O) groups excluding carboxylic acids is 1. The second-order valence-electron chi connectivity index (χ2n) is 9.73. The van der Waals surface area contributed by atoms with E-state index >= 15 is 0 Å². The van der Waals surface area contributed by atoms with Gasteiger partial charge in [-0.3, -0.25) is 4.79 Å². The Kier molecular flexibility index (Phi) is 7.07. The van der Waals surface area contributed by atoms with Gasteiger partial charge >= 0.3 is 5.97 Å². The van der Waals surface area contributed by atoms with Crippen LogP contribution in [0.5, 0.6) is 0 Å². The Morgan fingerprint density at radius 3 is 1.84 bits per heavy atom. The molecule has 0 heterocycles. The van der Waals surface area contributed by atoms with Crippen molar-refractivity contribution < 1.29 is 23.5 Å². The van der Waals surface area contributed by atoms with Crippen LogP contribution in [0.1, 0.15) is 22.8 Å². The molecule has 0 aliphatic rings. The van der Waals surface area contributed by atoms with Crippen LogP contribution in [0.2, 0.25) is 39.3 Å². The van der Waals surface area contributed by atoms with Gasteiger partial charge in [0, 0.05) is 23.3 Å². The molecule has 8 heteroatoms. The number of halogens is 2. The minimum Gasteiger partial charge on any atom is -0.478 e. The normalized spacial score (nSPS) is 12.6. The van der Waals surface area contributed by atoms with Crippen LogP contribution in [0.15, 0.2) is 36.4 Å². The third kappa shape index (κ3) is 6.21. The molecule has 0 fully saturated rings. The lowest BCUT2D eigenvalue weighted by Gasteiger charge is -2.24. The zero-order valence-corrected chi connectivity index (χ0v) is 21.0. The van der Waals surface area contributed by atoms with Gasteiger partial charge in [-0.2, -0.15) is 0 Å². The molecule has 1 amide bonds. The average molecular weight is 462 g/mol. The number of amides is 1. The molecule has 0 unspecified atom stereocenters. The van der Waals surface area contributed by atoms with Gasteiger partial charge in [0.25, 0.3) is 5.91 Å². The Morgan fingerprint density at radius 1 is 0.871 bits per heavy atom. The molecular formula is C23H29F2NO3Si2. The number of hydrogen-bond donors (Lipinski definition) is 2. The highest BCUT2D eigenvalue weighted by Crippen LogP contribution is 2.25. The Labute approximate surface area is 184 Å². The van der Waals surface area contributed by atoms with E-state index in [0.29, 0.717) is 5.56 Å². The van der Waals surface area contributed by atoms with Crippen LogP contribution in [0.4, 0.5) is 14.5 Å². The van der Waals surface area contributed by atoms with Crippen molar-refractivity contribution in [2.45, 2.75) is 46.2 Å². The van der Waals surface area contributed by atoms with Crippen molar-refractivity contribution in [2.75, 3.05) is 5.32 Å². The van der Waals surface area contributed by atoms with Gasteiger partial charge in [-0.15, -0.1) is 0 Å². The highest BCUT2D eigenvalue weighted by Gasteiger charge is 2.25. The Hall–Kier alpha value is -2.59. The van der Waals surface area contributed by atoms with Gasteiger partial charge in [-0.05, 0) is 18.6 Å². The highest BCUT2D eigenvalue weighted by atomic mass is 28.3. The van der Waals surface area contributed by atoms with E-state index in [1.807, 2.05) is 12.1 Å². The van der Waals surface area contributed by atoms with E-state index in [0.717, 1.165) is 28.6 Å². The summed E-state index contributed by atoms with van der Waals surface area (Å²) >= 11 is 0. The van der Waals surface area contributed by atoms with Crippen molar-refractivity contribution >= 4 is 49.7 Å². The molecule has 2 N–H and O–H groups in total. The first-order valence-corrected chi connectivity index (χ1v) is 17.0. The van der Waals surface area contributed by atoms with Crippen LogP contribution in [-0.4, -0.2) is 33.1 Å². The van der Waals surface area contributed by atoms with E-state index in [1.165, 1.54) is 6.92 Å². The van der Waals surface area contributed by atoms with Crippen LogP contribution in [0.25, 0.3) is 5.57 Å². The van der Waals surface area contributed by atoms with E-state index in [2.05, 4.69) is 50.7 Å². The van der Waals surface area contributed by atoms with E-state index in [1.54, 1.807) is 0 Å². The minimum atomic E-state index is -1.71. The van der Waals surface area contributed by atoms with Crippen molar-refractivity contribution in [2.24, 2.45) is 0 Å². The molecule has 4 nitrogen and oxygen atoms in total. The smallest absolute Gasteiger partial charge is 0.328 e. The van der Waals surface area contributed by atoms with Crippen molar-refractivity contribution in [3.8, 4) is 0 Å². The van der Waals surface area contributed by atoms with Gasteiger partial charge in [0.05, 0.1) is 21.8 Å². The standard InChI is InChI=1S/C23H29F2NO3Si2/c1-14(8-22(27)28)18-12-20(25)21(13-19(18)24)26-23(29)15-9-16(30(2,3)4)11-17(10-15)31(5,6)7/h8-13H,1-7H3,(H,26,29)(H,27,28). The van der Waals surface area contributed by atoms with Gasteiger partial charge in [-0.25, -0.2) is 13.6 Å². The minimum absolute atomic E-state index is 0.0735. The van der Waals surface area contributed by atoms with Crippen LogP contribution in [0.3, 0.4) is 0 Å². The molecule has 0 spiro atoms. The van der Waals surface area contributed by atoms with Crippen molar-refractivity contribution in [1.29, 1.82) is 0 Å². The van der Waals surface area contributed by atoms with Gasteiger partial charge in [-0.1, -0.05) is 67.9 Å². The van der Waals surface area contributed by atoms with Crippen molar-refractivity contribution in [3.05, 3.63) is 59.2 Å². The molecule has 166 valence electrons. The Balaban J connectivity index is 2.46. The van der Waals surface area contributed by atoms with Crippen LogP contribution in [0, 0.1) is 11.6 Å². The fourth-order valence-corrected chi connectivity index (χ4v) is 5.53. The molecule has 0 aliphatic heterocycles. The number of aliphatic carboxylic acids is 1. The summed E-state index contributed by atoms with van der Waals surface area (Å²) in [4.78, 5) is 23.7. The molecule has 2 rings (SSSR count). The molecule has 0 bridgehead atoms. The fourth-order valence-electron chi connectivity index (χ4n) is 3.03. The number of anilines is 1. The number of carboxylic acid groups (broad SMARTS) is 1. The van der Waals surface area contributed by atoms with Crippen LogP contribution >= 0.6 is 0 Å². The summed E-state index contributed by atoms with van der Waals surface area (Å²) in [6, 6.07) is 7.64. The predicted molar refractivity (Wildman–Crippen MR) is 128 cm³/mol. The maximum Gasteiger partial charge on any atom is 0.328 e. The first-order chi connectivity index (χ1) is 14.1. The fraction of sp³-hybridized carbons (Fsp3) is 0.304. The first kappa shape index (κ1) is 24.7. The van der Waals surface area contributed by atoms with Crippen molar-refractivity contribution in [1.82, 2.24) is 0 Å². The average Bonchev–Trinajstić information content (AvgIpc) is 2.61. The molecule has 0 saturated heterocycles. The SMILES string of the molecule is CC(=CC(=O)O)c1cc(F)c(NC(=O)c2cc([Si](C)(C)C)cc([Si](C)(C)C)c2)cc1F. The molecule has 2 aromatic rings. The summed E-state index contributed by atoms with van der Waals surface area (Å²) in [5.74, 6) is -3.42. The van der Waals surface area contributed by atoms with E-state index in [4.69, 9.17) is 5.11 Å². The quantitative estimate of drug-likeness (QED) is 0.480. The maximum atomic E-state index is 14.6. The number of rotatable bonds is 6. The summed E-state index contributed by atoms with van der Waals surface area (Å²) in [5.41, 5.74) is 0.0366. The lowest BCUT2D eigenvalue weighted by Crippen LogP contribution is -2.46. The topological polar surface area (TPSA) is 66.4 Å². The van der Waals surface area contributed by atoms with Gasteiger partial charge in [0.2, 0.25) is 0 Å². The third-order valence-electron chi connectivity index (χ3n) is 5.00. The molecule has 31 heavy (non-hydrogen) atoms. The van der Waals surface area contributed by atoms with Gasteiger partial charge < -0.3 is 10.4 Å². The number of hydrogen-bond acceptors (Lipinski definition) is 2. The Bertz CT molecular complexity index is 1040. The van der Waals surface area contributed by atoms with Crippen molar-refractivity contribution in [3.63, 3.8) is 0 Å². The van der Waals surface area contributed by atoms with E-state index in [-0.39, 0.29) is 16.8 Å². The molecule has 0 saturated carbocycles. The molecular weight excluding hydrogens is 432 g/mol. The van der Waals surface area contributed by atoms with Crippen LogP contribution < -0.4 is 15.7 Å². The number of benzene rings is 2. The summed E-state index contributed by atoms with van der Waals surface area (Å²) in [6.45, 7) is 14.5. The maximum absolute atomic E-state index is 14.6.